The van der Waals surface area contributed by atoms with Crippen LogP contribution in [0.1, 0.15) is 0 Å². The molecule has 0 fully saturated rings. The Hall–Kier alpha value is -2.12. The normalized spacial score (nSPS) is 10.6. The van der Waals surface area contributed by atoms with Gasteiger partial charge in [-0.25, -0.2) is 9.97 Å². The van der Waals surface area contributed by atoms with E-state index in [0.29, 0.717) is 5.13 Å². The number of ether oxygens (including phenoxy) is 2. The van der Waals surface area contributed by atoms with Gasteiger partial charge in [-0.1, -0.05) is 0 Å². The van der Waals surface area contributed by atoms with Gasteiger partial charge in [0.1, 0.15) is 22.2 Å². The summed E-state index contributed by atoms with van der Waals surface area (Å²) in [6.45, 7) is 0. The van der Waals surface area contributed by atoms with Gasteiger partial charge >= 0.3 is 0 Å². The number of thiazole rings is 2. The zero-order valence-electron chi connectivity index (χ0n) is 11.5. The molecule has 0 spiro atoms. The van der Waals surface area contributed by atoms with Crippen molar-refractivity contribution in [2.75, 3.05) is 20.0 Å². The minimum absolute atomic E-state index is 0.546. The minimum atomic E-state index is 0.546. The van der Waals surface area contributed by atoms with Gasteiger partial charge in [0.25, 0.3) is 0 Å². The lowest BCUT2D eigenvalue weighted by Crippen LogP contribution is -1.89. The zero-order valence-corrected chi connectivity index (χ0v) is 13.1. The van der Waals surface area contributed by atoms with Crippen molar-refractivity contribution in [3.63, 3.8) is 0 Å². The Morgan fingerprint density at radius 1 is 0.905 bits per heavy atom. The molecule has 2 heterocycles. The third-order valence-corrected chi connectivity index (χ3v) is 4.43. The summed E-state index contributed by atoms with van der Waals surface area (Å²) in [6, 6.07) is 5.69. The van der Waals surface area contributed by atoms with Gasteiger partial charge < -0.3 is 15.2 Å². The molecule has 0 saturated heterocycles. The molecule has 108 valence electrons. The highest BCUT2D eigenvalue weighted by Gasteiger charge is 2.11. The zero-order chi connectivity index (χ0) is 14.8. The van der Waals surface area contributed by atoms with Crippen LogP contribution in [0.15, 0.2) is 29.0 Å². The lowest BCUT2D eigenvalue weighted by atomic mass is 10.1. The van der Waals surface area contributed by atoms with E-state index in [9.17, 15) is 0 Å². The van der Waals surface area contributed by atoms with E-state index in [4.69, 9.17) is 15.2 Å². The summed E-state index contributed by atoms with van der Waals surface area (Å²) in [5.74, 6) is 1.47. The first-order chi connectivity index (χ1) is 10.2. The summed E-state index contributed by atoms with van der Waals surface area (Å²) in [7, 11) is 3.26. The monoisotopic (exact) mass is 319 g/mol. The largest absolute Gasteiger partial charge is 0.497 e. The predicted octanol–water partition coefficient (Wildman–Crippen LogP) is 3.53. The molecule has 0 unspecified atom stereocenters. The van der Waals surface area contributed by atoms with Crippen LogP contribution < -0.4 is 15.2 Å². The summed E-state index contributed by atoms with van der Waals surface area (Å²) in [5.41, 5.74) is 8.27. The average molecular weight is 319 g/mol. The van der Waals surface area contributed by atoms with E-state index >= 15 is 0 Å². The molecular weight excluding hydrogens is 306 g/mol. The highest BCUT2D eigenvalue weighted by atomic mass is 32.1. The van der Waals surface area contributed by atoms with Crippen LogP contribution in [0, 0.1) is 0 Å². The van der Waals surface area contributed by atoms with E-state index in [1.54, 1.807) is 14.2 Å². The number of hydrogen-bond donors (Lipinski definition) is 1. The average Bonchev–Trinajstić information content (AvgIpc) is 3.15. The van der Waals surface area contributed by atoms with Crippen molar-refractivity contribution in [1.29, 1.82) is 0 Å². The number of aromatic nitrogens is 2. The second-order valence-corrected chi connectivity index (χ2v) is 5.96. The first-order valence-electron chi connectivity index (χ1n) is 6.10. The van der Waals surface area contributed by atoms with Gasteiger partial charge in [0, 0.05) is 22.4 Å². The van der Waals surface area contributed by atoms with Gasteiger partial charge in [-0.2, -0.15) is 0 Å². The Kier molecular flexibility index (Phi) is 3.76. The van der Waals surface area contributed by atoms with Gasteiger partial charge in [0.15, 0.2) is 5.13 Å². The third kappa shape index (κ3) is 2.84. The molecule has 0 saturated carbocycles. The first-order valence-corrected chi connectivity index (χ1v) is 7.86. The molecule has 0 aliphatic rings. The van der Waals surface area contributed by atoms with Crippen LogP contribution in [-0.4, -0.2) is 24.2 Å². The highest BCUT2D eigenvalue weighted by Crippen LogP contribution is 2.33. The van der Waals surface area contributed by atoms with Crippen LogP contribution in [0.4, 0.5) is 5.13 Å². The Morgan fingerprint density at radius 2 is 1.57 bits per heavy atom. The van der Waals surface area contributed by atoms with Crippen LogP contribution >= 0.6 is 22.7 Å². The molecular formula is C14H13N3O2S2. The highest BCUT2D eigenvalue weighted by molar-refractivity contribution is 7.15. The summed E-state index contributed by atoms with van der Waals surface area (Å²) >= 11 is 2.94. The van der Waals surface area contributed by atoms with E-state index in [-0.39, 0.29) is 0 Å². The topological polar surface area (TPSA) is 70.3 Å². The number of nitrogens with two attached hydrogens (primary N) is 1. The fourth-order valence-corrected chi connectivity index (χ4v) is 3.28. The number of nitrogens with zero attached hydrogens (tertiary/aromatic N) is 2. The number of anilines is 1. The molecule has 2 aromatic heterocycles. The Labute approximate surface area is 130 Å². The van der Waals surface area contributed by atoms with Crippen molar-refractivity contribution in [3.05, 3.63) is 29.0 Å². The molecule has 3 aromatic rings. The molecule has 0 atom stereocenters. The third-order valence-electron chi connectivity index (χ3n) is 2.89. The molecule has 2 N–H and O–H groups in total. The maximum Gasteiger partial charge on any atom is 0.180 e. The van der Waals surface area contributed by atoms with Crippen molar-refractivity contribution in [2.24, 2.45) is 0 Å². The van der Waals surface area contributed by atoms with Crippen LogP contribution in [0.5, 0.6) is 11.5 Å². The van der Waals surface area contributed by atoms with E-state index in [0.717, 1.165) is 33.5 Å². The Balaban J connectivity index is 1.99. The van der Waals surface area contributed by atoms with E-state index in [1.165, 1.54) is 22.7 Å². The molecule has 0 aliphatic heterocycles. The summed E-state index contributed by atoms with van der Waals surface area (Å²) in [5, 5.41) is 5.29. The maximum absolute atomic E-state index is 5.66. The van der Waals surface area contributed by atoms with E-state index in [1.807, 2.05) is 29.0 Å². The molecule has 21 heavy (non-hydrogen) atoms. The molecule has 0 radical (unpaired) electrons. The lowest BCUT2D eigenvalue weighted by molar-refractivity contribution is 0.394. The number of nitrogen functional groups attached to an aromatic ring is 1. The SMILES string of the molecule is COc1cc(OC)cc(-c2csc(-c3csc(N)n3)n2)c1. The second-order valence-electron chi connectivity index (χ2n) is 4.21. The van der Waals surface area contributed by atoms with Crippen molar-refractivity contribution in [3.8, 4) is 33.5 Å². The van der Waals surface area contributed by atoms with Crippen molar-refractivity contribution >= 4 is 27.8 Å². The number of rotatable bonds is 4. The van der Waals surface area contributed by atoms with Gasteiger partial charge in [0.05, 0.1) is 19.9 Å². The maximum atomic E-state index is 5.66. The fraction of sp³-hybridized carbons (Fsp3) is 0.143. The van der Waals surface area contributed by atoms with Gasteiger partial charge in [-0.3, -0.25) is 0 Å². The smallest absolute Gasteiger partial charge is 0.180 e. The number of methoxy groups -OCH3 is 2. The van der Waals surface area contributed by atoms with Gasteiger partial charge in [0.2, 0.25) is 0 Å². The van der Waals surface area contributed by atoms with Crippen LogP contribution in [0.2, 0.25) is 0 Å². The molecule has 5 nitrogen and oxygen atoms in total. The Bertz CT molecular complexity index is 745. The van der Waals surface area contributed by atoms with E-state index in [2.05, 4.69) is 9.97 Å². The first kappa shape index (κ1) is 13.8. The summed E-state index contributed by atoms with van der Waals surface area (Å²) < 4.78 is 10.6. The molecule has 3 rings (SSSR count). The molecule has 7 heteroatoms. The van der Waals surface area contributed by atoms with Crippen LogP contribution in [-0.2, 0) is 0 Å². The summed E-state index contributed by atoms with van der Waals surface area (Å²) in [4.78, 5) is 8.86. The Morgan fingerprint density at radius 3 is 2.14 bits per heavy atom. The molecule has 1 aromatic carbocycles. The molecule has 0 bridgehead atoms. The van der Waals surface area contributed by atoms with E-state index < -0.39 is 0 Å². The summed E-state index contributed by atoms with van der Waals surface area (Å²) in [6.07, 6.45) is 0. The predicted molar refractivity (Wildman–Crippen MR) is 86.2 cm³/mol. The van der Waals surface area contributed by atoms with Crippen LogP contribution in [0.25, 0.3) is 22.0 Å². The van der Waals surface area contributed by atoms with Crippen molar-refractivity contribution < 1.29 is 9.47 Å². The minimum Gasteiger partial charge on any atom is -0.497 e. The molecule has 0 amide bonds. The van der Waals surface area contributed by atoms with Crippen molar-refractivity contribution in [1.82, 2.24) is 9.97 Å². The van der Waals surface area contributed by atoms with Crippen LogP contribution in [0.3, 0.4) is 0 Å². The fourth-order valence-electron chi connectivity index (χ4n) is 1.87. The molecule has 0 aliphatic carbocycles. The quantitative estimate of drug-likeness (QED) is 0.796. The van der Waals surface area contributed by atoms with Gasteiger partial charge in [-0.15, -0.1) is 22.7 Å². The number of benzene rings is 1. The second kappa shape index (κ2) is 5.71. The van der Waals surface area contributed by atoms with Gasteiger partial charge in [-0.05, 0) is 12.1 Å². The standard InChI is InChI=1S/C14H13N3O2S2/c1-18-9-3-8(4-10(5-9)19-2)11-6-20-13(16-11)12-7-21-14(15)17-12/h3-7H,1-2H3,(H2,15,17). The lowest BCUT2D eigenvalue weighted by Gasteiger charge is -2.06. The number of hydrogen-bond acceptors (Lipinski definition) is 7. The van der Waals surface area contributed by atoms with Crippen molar-refractivity contribution in [2.45, 2.75) is 0 Å².